The van der Waals surface area contributed by atoms with Gasteiger partial charge in [-0.15, -0.1) is 0 Å². The Kier molecular flexibility index (Phi) is 7.05. The molecule has 1 heterocycles. The highest BCUT2D eigenvalue weighted by molar-refractivity contribution is 7.80. The van der Waals surface area contributed by atoms with Crippen LogP contribution in [0.1, 0.15) is 25.0 Å². The van der Waals surface area contributed by atoms with E-state index in [9.17, 15) is 0 Å². The van der Waals surface area contributed by atoms with Gasteiger partial charge in [0.2, 0.25) is 0 Å². The average molecular weight is 526 g/mol. The smallest absolute Gasteiger partial charge is 0.137 e. The summed E-state index contributed by atoms with van der Waals surface area (Å²) in [5, 5.41) is 6.06. The molecule has 0 spiro atoms. The lowest BCUT2D eigenvalue weighted by Gasteiger charge is -2.28. The molecule has 0 N–H and O–H groups in total. The van der Waals surface area contributed by atoms with E-state index in [4.69, 9.17) is 4.74 Å². The van der Waals surface area contributed by atoms with Gasteiger partial charge in [-0.05, 0) is 66.7 Å². The van der Waals surface area contributed by atoms with Crippen LogP contribution in [0.4, 0.5) is 5.69 Å². The van der Waals surface area contributed by atoms with Crippen molar-refractivity contribution in [2.75, 3.05) is 18.0 Å². The highest BCUT2D eigenvalue weighted by Gasteiger charge is 2.26. The second-order valence-electron chi connectivity index (χ2n) is 9.68. The third kappa shape index (κ3) is 4.78. The molecule has 0 aromatic heterocycles. The Hall–Kier alpha value is -4.13. The molecule has 1 aliphatic heterocycles. The molecule has 0 amide bonds. The maximum Gasteiger partial charge on any atom is 0.137 e. The van der Waals surface area contributed by atoms with Crippen molar-refractivity contribution in [2.45, 2.75) is 13.8 Å². The summed E-state index contributed by atoms with van der Waals surface area (Å²) in [4.78, 5) is 2.36. The zero-order chi connectivity index (χ0) is 26.8. The van der Waals surface area contributed by atoms with E-state index in [0.717, 1.165) is 40.6 Å². The van der Waals surface area contributed by atoms with E-state index in [2.05, 4.69) is 147 Å². The molecular weight excluding hydrogens is 493 g/mol. The summed E-state index contributed by atoms with van der Waals surface area (Å²) < 4.78 is 6.58. The molecule has 5 aromatic carbocycles. The molecule has 192 valence electrons. The maximum atomic E-state index is 6.58. The first-order chi connectivity index (χ1) is 19.2. The van der Waals surface area contributed by atoms with E-state index in [1.807, 2.05) is 0 Å². The Bertz CT molecular complexity index is 1690. The van der Waals surface area contributed by atoms with Gasteiger partial charge in [0.25, 0.3) is 0 Å². The summed E-state index contributed by atoms with van der Waals surface area (Å²) in [6.07, 6.45) is 0. The molecule has 3 heteroatoms. The molecule has 5 aromatic rings. The van der Waals surface area contributed by atoms with Crippen LogP contribution in [0.3, 0.4) is 0 Å². The van der Waals surface area contributed by atoms with Gasteiger partial charge in [0.15, 0.2) is 0 Å². The van der Waals surface area contributed by atoms with Crippen LogP contribution in [0.2, 0.25) is 0 Å². The van der Waals surface area contributed by atoms with Crippen LogP contribution in [-0.2, 0) is 0 Å². The predicted octanol–water partition coefficient (Wildman–Crippen LogP) is 6.05. The van der Waals surface area contributed by atoms with Gasteiger partial charge in [-0.3, -0.25) is 0 Å². The lowest BCUT2D eigenvalue weighted by molar-refractivity contribution is 0.472. The van der Waals surface area contributed by atoms with Crippen molar-refractivity contribution in [1.82, 2.24) is 0 Å². The second-order valence-corrected chi connectivity index (χ2v) is 11.9. The number of ether oxygens (including phenoxy) is 1. The van der Waals surface area contributed by atoms with Gasteiger partial charge in [0.1, 0.15) is 11.5 Å². The Labute approximate surface area is 232 Å². The molecule has 6 rings (SSSR count). The number of benzene rings is 5. The summed E-state index contributed by atoms with van der Waals surface area (Å²) in [5.74, 6) is 1.76. The zero-order valence-corrected chi connectivity index (χ0v) is 23.4. The van der Waals surface area contributed by atoms with E-state index < -0.39 is 7.92 Å². The fourth-order valence-electron chi connectivity index (χ4n) is 5.46. The van der Waals surface area contributed by atoms with E-state index in [-0.39, 0.29) is 0 Å². The number of rotatable bonds is 7. The first-order valence-electron chi connectivity index (χ1n) is 13.6. The number of nitrogens with zero attached hydrogens (tertiary/aromatic N) is 1. The predicted molar refractivity (Wildman–Crippen MR) is 168 cm³/mol. The van der Waals surface area contributed by atoms with E-state index in [0.29, 0.717) is 0 Å². The van der Waals surface area contributed by atoms with Crippen LogP contribution in [0.15, 0.2) is 121 Å². The van der Waals surface area contributed by atoms with Gasteiger partial charge in [-0.2, -0.15) is 0 Å². The van der Waals surface area contributed by atoms with Gasteiger partial charge in [-0.25, -0.2) is 0 Å². The minimum Gasteiger partial charge on any atom is -0.456 e. The summed E-state index contributed by atoms with van der Waals surface area (Å²) in [5.41, 5.74) is 4.76. The third-order valence-electron chi connectivity index (χ3n) is 7.34. The van der Waals surface area contributed by atoms with Crippen molar-refractivity contribution in [3.8, 4) is 11.5 Å². The molecule has 0 saturated heterocycles. The Morgan fingerprint density at radius 2 is 1.28 bits per heavy atom. The van der Waals surface area contributed by atoms with Gasteiger partial charge in [0, 0.05) is 41.2 Å². The average Bonchev–Trinajstić information content (AvgIpc) is 2.98. The van der Waals surface area contributed by atoms with Gasteiger partial charge < -0.3 is 9.64 Å². The Morgan fingerprint density at radius 3 is 1.95 bits per heavy atom. The number of fused-ring (bicyclic) bond motifs is 2. The fraction of sp³-hybridized carbons (Fsp3) is 0.111. The first-order valence-corrected chi connectivity index (χ1v) is 14.9. The molecule has 39 heavy (non-hydrogen) atoms. The summed E-state index contributed by atoms with van der Waals surface area (Å²) in [6, 6.07) is 43.7. The van der Waals surface area contributed by atoms with Crippen LogP contribution in [0.5, 0.6) is 11.5 Å². The molecule has 0 bridgehead atoms. The quantitative estimate of drug-likeness (QED) is 0.235. The topological polar surface area (TPSA) is 12.5 Å². The number of anilines is 1. The van der Waals surface area contributed by atoms with Crippen LogP contribution in [0, 0.1) is 0 Å². The minimum atomic E-state index is -0.780. The zero-order valence-electron chi connectivity index (χ0n) is 22.5. The third-order valence-corrected chi connectivity index (χ3v) is 9.84. The molecule has 1 aliphatic rings. The van der Waals surface area contributed by atoms with Gasteiger partial charge >= 0.3 is 0 Å². The standard InChI is InChI=1S/C36H32NOP/c1-4-37(5-2)27-21-23-31-34(25-27)38-33-24-26(3)20-22-30(33)36(31)32-18-12-13-19-35(32)39(28-14-8-6-9-15-28)29-16-10-7-11-17-29/h6-25H,3-5H2,1-2H3. The first kappa shape index (κ1) is 25.2. The molecule has 0 atom stereocenters. The Balaban J connectivity index is 1.64. The van der Waals surface area contributed by atoms with Crippen molar-refractivity contribution in [1.29, 1.82) is 0 Å². The SMILES string of the molecule is C=c1ccc2c(c1)Oc1cc(N(CC)CC)ccc1C=2c1ccccc1P(c1ccccc1)c1ccccc1. The van der Waals surface area contributed by atoms with Gasteiger partial charge in [0.05, 0.1) is 0 Å². The maximum absolute atomic E-state index is 6.58. The second kappa shape index (κ2) is 10.9. The normalized spacial score (nSPS) is 12.0. The lowest BCUT2D eigenvalue weighted by atomic mass is 9.92. The van der Waals surface area contributed by atoms with Crippen LogP contribution in [0.25, 0.3) is 12.2 Å². The van der Waals surface area contributed by atoms with Crippen LogP contribution < -0.4 is 36.0 Å². The van der Waals surface area contributed by atoms with E-state index in [1.165, 1.54) is 32.7 Å². The molecule has 2 nitrogen and oxygen atoms in total. The fourth-order valence-corrected chi connectivity index (χ4v) is 7.92. The Morgan fingerprint density at radius 1 is 0.641 bits per heavy atom. The van der Waals surface area contributed by atoms with Crippen molar-refractivity contribution in [3.63, 3.8) is 0 Å². The summed E-state index contributed by atoms with van der Waals surface area (Å²) >= 11 is 0. The van der Waals surface area contributed by atoms with Crippen molar-refractivity contribution < 1.29 is 4.74 Å². The summed E-state index contributed by atoms with van der Waals surface area (Å²) in [7, 11) is -0.780. The van der Waals surface area contributed by atoms with E-state index >= 15 is 0 Å². The number of hydrogen-bond acceptors (Lipinski definition) is 2. The highest BCUT2D eigenvalue weighted by Crippen LogP contribution is 2.41. The van der Waals surface area contributed by atoms with Crippen LogP contribution in [-0.4, -0.2) is 13.1 Å². The molecule has 0 unspecified atom stereocenters. The van der Waals surface area contributed by atoms with E-state index in [1.54, 1.807) is 0 Å². The molecular formula is C36H32NOP. The monoisotopic (exact) mass is 525 g/mol. The van der Waals surface area contributed by atoms with Crippen molar-refractivity contribution in [3.05, 3.63) is 143 Å². The summed E-state index contributed by atoms with van der Waals surface area (Å²) in [6.45, 7) is 10.5. The largest absolute Gasteiger partial charge is 0.456 e. The lowest BCUT2D eigenvalue weighted by Crippen LogP contribution is -2.27. The molecule has 0 radical (unpaired) electrons. The van der Waals surface area contributed by atoms with Crippen molar-refractivity contribution >= 4 is 41.7 Å². The van der Waals surface area contributed by atoms with Crippen molar-refractivity contribution in [2.24, 2.45) is 0 Å². The molecule has 0 fully saturated rings. The minimum absolute atomic E-state index is 0.780. The van der Waals surface area contributed by atoms with Crippen LogP contribution >= 0.6 is 7.92 Å². The molecule has 0 saturated carbocycles. The molecule has 0 aliphatic carbocycles. The van der Waals surface area contributed by atoms with Gasteiger partial charge in [-0.1, -0.05) is 104 Å². The number of hydrogen-bond donors (Lipinski definition) is 0. The highest BCUT2D eigenvalue weighted by atomic mass is 31.1.